The van der Waals surface area contributed by atoms with Gasteiger partial charge in [-0.25, -0.2) is 4.79 Å². The van der Waals surface area contributed by atoms with Gasteiger partial charge in [-0.15, -0.1) is 0 Å². The van der Waals surface area contributed by atoms with Crippen LogP contribution in [0.5, 0.6) is 17.2 Å². The SMILES string of the molecule is COc1ccc(C(=O)OCC(=O)N2[C@@H](C)CCC[C@@H]2C)c(OC)c1OC. The number of methoxy groups -OCH3 is 3. The standard InChI is InChI=1S/C19H27NO6/c1-12-7-6-8-13(2)20(12)16(21)11-26-19(22)14-9-10-15(23-3)18(25-5)17(14)24-4/h9-10,12-13H,6-8,11H2,1-5H3/t12-,13-/m0/s1. The molecular weight excluding hydrogens is 338 g/mol. The average Bonchev–Trinajstić information content (AvgIpc) is 2.64. The number of hydrogen-bond donors (Lipinski definition) is 0. The maximum atomic E-state index is 12.5. The lowest BCUT2D eigenvalue weighted by atomic mass is 9.97. The van der Waals surface area contributed by atoms with Crippen molar-refractivity contribution in [1.29, 1.82) is 0 Å². The van der Waals surface area contributed by atoms with Crippen molar-refractivity contribution in [2.75, 3.05) is 27.9 Å². The Kier molecular flexibility index (Phi) is 6.71. The van der Waals surface area contributed by atoms with Crippen LogP contribution in [0.2, 0.25) is 0 Å². The molecule has 1 aromatic rings. The monoisotopic (exact) mass is 365 g/mol. The molecular formula is C19H27NO6. The van der Waals surface area contributed by atoms with Crippen LogP contribution in [0.3, 0.4) is 0 Å². The first kappa shape index (κ1) is 19.9. The molecule has 1 fully saturated rings. The number of hydrogen-bond acceptors (Lipinski definition) is 6. The van der Waals surface area contributed by atoms with E-state index in [1.807, 2.05) is 18.7 Å². The third-order valence-electron chi connectivity index (χ3n) is 4.73. The highest BCUT2D eigenvalue weighted by atomic mass is 16.5. The van der Waals surface area contributed by atoms with Gasteiger partial charge in [0.05, 0.1) is 21.3 Å². The lowest BCUT2D eigenvalue weighted by Crippen LogP contribution is -2.49. The molecule has 1 saturated heterocycles. The number of esters is 1. The van der Waals surface area contributed by atoms with E-state index in [1.165, 1.54) is 27.4 Å². The van der Waals surface area contributed by atoms with Crippen molar-refractivity contribution in [3.05, 3.63) is 17.7 Å². The first-order chi connectivity index (χ1) is 12.4. The number of nitrogens with zero attached hydrogens (tertiary/aromatic N) is 1. The van der Waals surface area contributed by atoms with Gasteiger partial charge in [0.15, 0.2) is 18.1 Å². The second-order valence-electron chi connectivity index (χ2n) is 6.39. The molecule has 0 aromatic heterocycles. The van der Waals surface area contributed by atoms with Crippen LogP contribution in [0.25, 0.3) is 0 Å². The number of carbonyl (C=O) groups excluding carboxylic acids is 2. The lowest BCUT2D eigenvalue weighted by molar-refractivity contribution is -0.140. The highest BCUT2D eigenvalue weighted by Gasteiger charge is 2.30. The van der Waals surface area contributed by atoms with Gasteiger partial charge in [-0.3, -0.25) is 4.79 Å². The Bertz CT molecular complexity index is 650. The van der Waals surface area contributed by atoms with Crippen LogP contribution < -0.4 is 14.2 Å². The summed E-state index contributed by atoms with van der Waals surface area (Å²) < 4.78 is 21.0. The molecule has 2 atom stereocenters. The van der Waals surface area contributed by atoms with Crippen molar-refractivity contribution in [3.8, 4) is 17.2 Å². The minimum atomic E-state index is -0.645. The maximum absolute atomic E-state index is 12.5. The predicted octanol–water partition coefficient (Wildman–Crippen LogP) is 2.66. The third kappa shape index (κ3) is 4.03. The van der Waals surface area contributed by atoms with Crippen molar-refractivity contribution < 1.29 is 28.5 Å². The summed E-state index contributed by atoms with van der Waals surface area (Å²) in [4.78, 5) is 26.8. The zero-order valence-electron chi connectivity index (χ0n) is 16.0. The first-order valence-electron chi connectivity index (χ1n) is 8.71. The Labute approximate surface area is 154 Å². The van der Waals surface area contributed by atoms with Crippen molar-refractivity contribution in [2.24, 2.45) is 0 Å². The summed E-state index contributed by atoms with van der Waals surface area (Å²) in [5.74, 6) is 0.122. The minimum Gasteiger partial charge on any atom is -0.493 e. The fourth-order valence-electron chi connectivity index (χ4n) is 3.45. The minimum absolute atomic E-state index is 0.153. The summed E-state index contributed by atoms with van der Waals surface area (Å²) in [6, 6.07) is 3.43. The van der Waals surface area contributed by atoms with Crippen molar-refractivity contribution in [2.45, 2.75) is 45.2 Å². The van der Waals surface area contributed by atoms with E-state index in [0.29, 0.717) is 11.5 Å². The van der Waals surface area contributed by atoms with E-state index in [9.17, 15) is 9.59 Å². The van der Waals surface area contributed by atoms with Crippen molar-refractivity contribution >= 4 is 11.9 Å². The molecule has 0 unspecified atom stereocenters. The van der Waals surface area contributed by atoms with Gasteiger partial charge in [-0.05, 0) is 45.2 Å². The Morgan fingerprint density at radius 3 is 2.15 bits per heavy atom. The van der Waals surface area contributed by atoms with E-state index >= 15 is 0 Å². The van der Waals surface area contributed by atoms with E-state index in [0.717, 1.165) is 19.3 Å². The largest absolute Gasteiger partial charge is 0.493 e. The van der Waals surface area contributed by atoms with E-state index in [2.05, 4.69) is 0 Å². The molecule has 144 valence electrons. The highest BCUT2D eigenvalue weighted by Crippen LogP contribution is 2.40. The second-order valence-corrected chi connectivity index (χ2v) is 6.39. The molecule has 0 N–H and O–H groups in total. The summed E-state index contributed by atoms with van der Waals surface area (Å²) in [6.45, 7) is 3.74. The Hall–Kier alpha value is -2.44. The summed E-state index contributed by atoms with van der Waals surface area (Å²) in [6.07, 6.45) is 3.04. The molecule has 1 heterocycles. The summed E-state index contributed by atoms with van der Waals surface area (Å²) in [5.41, 5.74) is 0.178. The number of ether oxygens (including phenoxy) is 4. The first-order valence-corrected chi connectivity index (χ1v) is 8.71. The molecule has 1 aliphatic rings. The normalized spacial score (nSPS) is 19.7. The van der Waals surface area contributed by atoms with Crippen LogP contribution in [0, 0.1) is 0 Å². The highest BCUT2D eigenvalue weighted by molar-refractivity contribution is 5.95. The number of benzene rings is 1. The fraction of sp³-hybridized carbons (Fsp3) is 0.579. The van der Waals surface area contributed by atoms with Gasteiger partial charge >= 0.3 is 5.97 Å². The predicted molar refractivity (Wildman–Crippen MR) is 96.0 cm³/mol. The zero-order chi connectivity index (χ0) is 19.3. The number of rotatable bonds is 6. The quantitative estimate of drug-likeness (QED) is 0.722. The van der Waals surface area contributed by atoms with Crippen LogP contribution in [-0.4, -0.2) is 56.8 Å². The smallest absolute Gasteiger partial charge is 0.342 e. The molecule has 0 radical (unpaired) electrons. The molecule has 0 spiro atoms. The van der Waals surface area contributed by atoms with Gasteiger partial charge in [0, 0.05) is 12.1 Å². The van der Waals surface area contributed by atoms with Gasteiger partial charge in [0.25, 0.3) is 5.91 Å². The summed E-state index contributed by atoms with van der Waals surface area (Å²) >= 11 is 0. The molecule has 1 aliphatic heterocycles. The second kappa shape index (κ2) is 8.78. The average molecular weight is 365 g/mol. The van der Waals surface area contributed by atoms with Gasteiger partial charge in [-0.1, -0.05) is 0 Å². The molecule has 0 saturated carbocycles. The number of carbonyl (C=O) groups is 2. The van der Waals surface area contributed by atoms with E-state index in [-0.39, 0.29) is 35.9 Å². The molecule has 7 nitrogen and oxygen atoms in total. The summed E-state index contributed by atoms with van der Waals surface area (Å²) in [7, 11) is 4.38. The zero-order valence-corrected chi connectivity index (χ0v) is 16.0. The Balaban J connectivity index is 2.11. The van der Waals surface area contributed by atoms with Crippen molar-refractivity contribution in [3.63, 3.8) is 0 Å². The van der Waals surface area contributed by atoms with Gasteiger partial charge < -0.3 is 23.8 Å². The third-order valence-corrected chi connectivity index (χ3v) is 4.73. The van der Waals surface area contributed by atoms with E-state index in [1.54, 1.807) is 6.07 Å². The molecule has 1 aromatic carbocycles. The van der Waals surface area contributed by atoms with Crippen LogP contribution in [0.4, 0.5) is 0 Å². The van der Waals surface area contributed by atoms with Crippen LogP contribution in [0.15, 0.2) is 12.1 Å². The molecule has 2 rings (SSSR count). The number of likely N-dealkylation sites (tertiary alicyclic amines) is 1. The van der Waals surface area contributed by atoms with Crippen LogP contribution >= 0.6 is 0 Å². The molecule has 26 heavy (non-hydrogen) atoms. The molecule has 0 bridgehead atoms. The fourth-order valence-corrected chi connectivity index (χ4v) is 3.45. The van der Waals surface area contributed by atoms with Gasteiger partial charge in [0.1, 0.15) is 5.56 Å². The Morgan fingerprint density at radius 1 is 1.00 bits per heavy atom. The van der Waals surface area contributed by atoms with E-state index < -0.39 is 5.97 Å². The van der Waals surface area contributed by atoms with Gasteiger partial charge in [-0.2, -0.15) is 0 Å². The van der Waals surface area contributed by atoms with Gasteiger partial charge in [0.2, 0.25) is 5.75 Å². The maximum Gasteiger partial charge on any atom is 0.342 e. The Morgan fingerprint density at radius 2 is 1.62 bits per heavy atom. The molecule has 1 amide bonds. The van der Waals surface area contributed by atoms with Crippen LogP contribution in [0.1, 0.15) is 43.5 Å². The van der Waals surface area contributed by atoms with Crippen LogP contribution in [-0.2, 0) is 9.53 Å². The molecule has 0 aliphatic carbocycles. The summed E-state index contributed by atoms with van der Waals surface area (Å²) in [5, 5.41) is 0. The number of amides is 1. The van der Waals surface area contributed by atoms with E-state index in [4.69, 9.17) is 18.9 Å². The lowest BCUT2D eigenvalue weighted by Gasteiger charge is -2.38. The number of piperidine rings is 1. The van der Waals surface area contributed by atoms with Crippen molar-refractivity contribution in [1.82, 2.24) is 4.90 Å². The topological polar surface area (TPSA) is 74.3 Å². The molecule has 7 heteroatoms.